The maximum atomic E-state index is 10.7. The van der Waals surface area contributed by atoms with Crippen LogP contribution in [0.25, 0.3) is 0 Å². The van der Waals surface area contributed by atoms with E-state index in [2.05, 4.69) is 0 Å². The highest BCUT2D eigenvalue weighted by Gasteiger charge is 2.15. The Bertz CT molecular complexity index is 272. The van der Waals surface area contributed by atoms with Crippen LogP contribution in [-0.4, -0.2) is 22.6 Å². The molecule has 0 aliphatic carbocycles. The van der Waals surface area contributed by atoms with Crippen molar-refractivity contribution in [1.82, 2.24) is 0 Å². The molecule has 0 aliphatic heterocycles. The topological polar surface area (TPSA) is 37.3 Å². The number of carboxylic acid groups (broad SMARTS) is 1. The van der Waals surface area contributed by atoms with E-state index in [1.807, 2.05) is 36.6 Å². The highest BCUT2D eigenvalue weighted by molar-refractivity contribution is 7.99. The molecule has 0 spiro atoms. The third kappa shape index (κ3) is 3.11. The van der Waals surface area contributed by atoms with Gasteiger partial charge in [0.15, 0.2) is 0 Å². The molecule has 0 saturated carbocycles. The van der Waals surface area contributed by atoms with Crippen molar-refractivity contribution in [3.8, 4) is 0 Å². The van der Waals surface area contributed by atoms with Gasteiger partial charge in [0.1, 0.15) is 5.25 Å². The van der Waals surface area contributed by atoms with E-state index >= 15 is 0 Å². The molecular weight excluding hydrogens is 184 g/mol. The summed E-state index contributed by atoms with van der Waals surface area (Å²) in [5.74, 6) is -0.739. The minimum Gasteiger partial charge on any atom is -0.480 e. The number of rotatable bonds is 4. The number of aliphatic carboxylic acids is 1. The second-order valence-corrected chi connectivity index (χ2v) is 3.79. The Morgan fingerprint density at radius 3 is 2.54 bits per heavy atom. The Morgan fingerprint density at radius 1 is 1.46 bits per heavy atom. The van der Waals surface area contributed by atoms with E-state index in [0.29, 0.717) is 6.42 Å². The third-order valence-electron chi connectivity index (χ3n) is 1.82. The van der Waals surface area contributed by atoms with Gasteiger partial charge in [-0.15, -0.1) is 11.8 Å². The molecule has 2 nitrogen and oxygen atoms in total. The number of carboxylic acids is 1. The fourth-order valence-electron chi connectivity index (χ4n) is 1.10. The number of carbonyl (C=O) groups is 1. The summed E-state index contributed by atoms with van der Waals surface area (Å²) in [7, 11) is 0. The fraction of sp³-hybridized carbons (Fsp3) is 0.300. The van der Waals surface area contributed by atoms with Gasteiger partial charge in [-0.1, -0.05) is 30.3 Å². The Hall–Kier alpha value is -0.960. The summed E-state index contributed by atoms with van der Waals surface area (Å²) in [6, 6.07) is 9.68. The van der Waals surface area contributed by atoms with Crippen LogP contribution in [0.5, 0.6) is 0 Å². The largest absolute Gasteiger partial charge is 0.480 e. The van der Waals surface area contributed by atoms with E-state index in [4.69, 9.17) is 5.11 Å². The molecule has 1 aromatic rings. The van der Waals surface area contributed by atoms with E-state index in [9.17, 15) is 4.79 Å². The van der Waals surface area contributed by atoms with Crippen molar-refractivity contribution in [3.05, 3.63) is 35.9 Å². The van der Waals surface area contributed by atoms with Crippen LogP contribution in [0.4, 0.5) is 0 Å². The lowest BCUT2D eigenvalue weighted by molar-refractivity contribution is -0.136. The first-order valence-corrected chi connectivity index (χ1v) is 5.32. The number of thioether (sulfide) groups is 1. The van der Waals surface area contributed by atoms with E-state index in [1.165, 1.54) is 11.8 Å². The molecule has 0 saturated heterocycles. The van der Waals surface area contributed by atoms with Crippen molar-refractivity contribution in [1.29, 1.82) is 0 Å². The van der Waals surface area contributed by atoms with Crippen LogP contribution in [0.2, 0.25) is 0 Å². The zero-order valence-corrected chi connectivity index (χ0v) is 8.25. The van der Waals surface area contributed by atoms with Crippen LogP contribution < -0.4 is 0 Å². The lowest BCUT2D eigenvalue weighted by Gasteiger charge is -2.08. The summed E-state index contributed by atoms with van der Waals surface area (Å²) in [4.78, 5) is 10.7. The summed E-state index contributed by atoms with van der Waals surface area (Å²) in [5, 5.41) is 8.48. The van der Waals surface area contributed by atoms with E-state index in [0.717, 1.165) is 5.56 Å². The lowest BCUT2D eigenvalue weighted by atomic mass is 10.1. The molecular formula is C10H12O2S. The SMILES string of the molecule is CS[C@@H](Cc1ccccc1)C(=O)O. The van der Waals surface area contributed by atoms with E-state index < -0.39 is 5.97 Å². The molecule has 3 heteroatoms. The lowest BCUT2D eigenvalue weighted by Crippen LogP contribution is -2.18. The number of benzene rings is 1. The zero-order chi connectivity index (χ0) is 9.68. The first-order valence-electron chi connectivity index (χ1n) is 4.03. The molecule has 13 heavy (non-hydrogen) atoms. The molecule has 1 rings (SSSR count). The predicted octanol–water partition coefficient (Wildman–Crippen LogP) is 2.05. The standard InChI is InChI=1S/C10H12O2S/c1-13-9(10(11)12)7-8-5-3-2-4-6-8/h2-6,9H,7H2,1H3,(H,11,12)/t9-/m0/s1. The van der Waals surface area contributed by atoms with Gasteiger partial charge in [0, 0.05) is 0 Å². The Labute approximate surface area is 82.0 Å². The van der Waals surface area contributed by atoms with Crippen molar-refractivity contribution >= 4 is 17.7 Å². The van der Waals surface area contributed by atoms with E-state index in [1.54, 1.807) is 0 Å². The highest BCUT2D eigenvalue weighted by Crippen LogP contribution is 2.13. The third-order valence-corrected chi connectivity index (χ3v) is 2.76. The highest BCUT2D eigenvalue weighted by atomic mass is 32.2. The molecule has 1 N–H and O–H groups in total. The molecule has 0 aromatic heterocycles. The Kier molecular flexibility index (Phi) is 3.83. The van der Waals surface area contributed by atoms with Gasteiger partial charge >= 0.3 is 5.97 Å². The monoisotopic (exact) mass is 196 g/mol. The summed E-state index contributed by atoms with van der Waals surface area (Å²) in [6.45, 7) is 0. The molecule has 0 heterocycles. The molecule has 0 amide bonds. The molecule has 0 bridgehead atoms. The second-order valence-electron chi connectivity index (χ2n) is 2.75. The average Bonchev–Trinajstić information content (AvgIpc) is 2.15. The minimum absolute atomic E-state index is 0.331. The summed E-state index contributed by atoms with van der Waals surface area (Å²) < 4.78 is 0. The number of hydrogen-bond acceptors (Lipinski definition) is 2. The fourth-order valence-corrected chi connectivity index (χ4v) is 1.66. The first-order chi connectivity index (χ1) is 6.24. The predicted molar refractivity (Wildman–Crippen MR) is 55.1 cm³/mol. The van der Waals surface area contributed by atoms with Crippen molar-refractivity contribution in [3.63, 3.8) is 0 Å². The van der Waals surface area contributed by atoms with Crippen LogP contribution in [0.3, 0.4) is 0 Å². The van der Waals surface area contributed by atoms with Gasteiger partial charge in [0.2, 0.25) is 0 Å². The average molecular weight is 196 g/mol. The van der Waals surface area contributed by atoms with Crippen LogP contribution in [0.15, 0.2) is 30.3 Å². The normalized spacial score (nSPS) is 12.4. The van der Waals surface area contributed by atoms with Crippen molar-refractivity contribution in [2.75, 3.05) is 6.26 Å². The molecule has 70 valence electrons. The van der Waals surface area contributed by atoms with Gasteiger partial charge in [0.25, 0.3) is 0 Å². The van der Waals surface area contributed by atoms with Gasteiger partial charge in [-0.25, -0.2) is 0 Å². The summed E-state index contributed by atoms with van der Waals surface area (Å²) in [6.07, 6.45) is 2.42. The summed E-state index contributed by atoms with van der Waals surface area (Å²) in [5.41, 5.74) is 1.07. The van der Waals surface area contributed by atoms with Crippen molar-refractivity contribution in [2.45, 2.75) is 11.7 Å². The van der Waals surface area contributed by atoms with Gasteiger partial charge in [-0.05, 0) is 18.2 Å². The van der Waals surface area contributed by atoms with Crippen LogP contribution >= 0.6 is 11.8 Å². The Morgan fingerprint density at radius 2 is 2.08 bits per heavy atom. The van der Waals surface area contributed by atoms with Gasteiger partial charge in [0.05, 0.1) is 0 Å². The maximum Gasteiger partial charge on any atom is 0.316 e. The van der Waals surface area contributed by atoms with Crippen LogP contribution in [0.1, 0.15) is 5.56 Å². The number of hydrogen-bond donors (Lipinski definition) is 1. The Balaban J connectivity index is 2.62. The molecule has 0 radical (unpaired) electrons. The minimum atomic E-state index is -0.739. The first kappa shape index (κ1) is 10.1. The molecule has 0 fully saturated rings. The maximum absolute atomic E-state index is 10.7. The molecule has 1 atom stereocenters. The van der Waals surface area contributed by atoms with Crippen LogP contribution in [-0.2, 0) is 11.2 Å². The van der Waals surface area contributed by atoms with Gasteiger partial charge in [-0.2, -0.15) is 0 Å². The van der Waals surface area contributed by atoms with Crippen molar-refractivity contribution < 1.29 is 9.90 Å². The zero-order valence-electron chi connectivity index (χ0n) is 7.43. The second kappa shape index (κ2) is 4.92. The van der Waals surface area contributed by atoms with E-state index in [-0.39, 0.29) is 5.25 Å². The van der Waals surface area contributed by atoms with Gasteiger partial charge < -0.3 is 5.11 Å². The molecule has 0 unspecified atom stereocenters. The molecule has 1 aromatic carbocycles. The van der Waals surface area contributed by atoms with Crippen molar-refractivity contribution in [2.24, 2.45) is 0 Å². The van der Waals surface area contributed by atoms with Crippen LogP contribution in [0, 0.1) is 0 Å². The summed E-state index contributed by atoms with van der Waals surface area (Å²) >= 11 is 1.37. The smallest absolute Gasteiger partial charge is 0.316 e. The van der Waals surface area contributed by atoms with Gasteiger partial charge in [-0.3, -0.25) is 4.79 Å². The quantitative estimate of drug-likeness (QED) is 0.800. The molecule has 0 aliphatic rings.